The summed E-state index contributed by atoms with van der Waals surface area (Å²) in [5, 5.41) is 13.3. The van der Waals surface area contributed by atoms with Crippen LogP contribution in [0, 0.1) is 29.6 Å². The second kappa shape index (κ2) is 13.6. The summed E-state index contributed by atoms with van der Waals surface area (Å²) in [6, 6.07) is 0.113. The van der Waals surface area contributed by atoms with E-state index in [1.165, 1.54) is 18.4 Å². The van der Waals surface area contributed by atoms with E-state index in [-0.39, 0.29) is 30.8 Å². The van der Waals surface area contributed by atoms with Gasteiger partial charge in [-0.1, -0.05) is 38.8 Å². The largest absolute Gasteiger partial charge is 0.481 e. The zero-order chi connectivity index (χ0) is 31.0. The third kappa shape index (κ3) is 6.66. The maximum atomic E-state index is 14.4. The molecule has 1 amide bonds. The number of likely N-dealkylation sites (tertiary alicyclic amines) is 1. The molecule has 6 aliphatic rings. The smallest absolute Gasteiger partial charge is 0.308 e. The minimum absolute atomic E-state index is 0.0465. The van der Waals surface area contributed by atoms with Gasteiger partial charge in [0, 0.05) is 68.8 Å². The molecule has 0 bridgehead atoms. The fourth-order valence-corrected chi connectivity index (χ4v) is 9.11. The summed E-state index contributed by atoms with van der Waals surface area (Å²) >= 11 is 0. The minimum atomic E-state index is -1.37. The Balaban J connectivity index is 1.08. The van der Waals surface area contributed by atoms with E-state index in [2.05, 4.69) is 30.1 Å². The Morgan fingerprint density at radius 2 is 1.77 bits per heavy atom. The van der Waals surface area contributed by atoms with Crippen molar-refractivity contribution in [3.05, 3.63) is 34.6 Å². The monoisotopic (exact) mass is 613 g/mol. The van der Waals surface area contributed by atoms with E-state index in [0.717, 1.165) is 82.3 Å². The molecular weight excluding hydrogens is 560 g/mol. The van der Waals surface area contributed by atoms with Gasteiger partial charge in [-0.05, 0) is 86.2 Å². The van der Waals surface area contributed by atoms with Crippen LogP contribution in [0.4, 0.5) is 8.78 Å². The van der Waals surface area contributed by atoms with Crippen LogP contribution < -0.4 is 5.32 Å². The first-order chi connectivity index (χ1) is 21.3. The third-order valence-electron chi connectivity index (χ3n) is 11.7. The van der Waals surface area contributed by atoms with Gasteiger partial charge < -0.3 is 20.2 Å². The Hall–Kier alpha value is -2.22. The molecule has 2 fully saturated rings. The summed E-state index contributed by atoms with van der Waals surface area (Å²) in [5.41, 5.74) is 4.10. The fraction of sp³-hybridized carbons (Fsp3) is 0.778. The maximum absolute atomic E-state index is 14.4. The number of carboxylic acids is 1. The highest BCUT2D eigenvalue weighted by Gasteiger charge is 2.44. The molecule has 6 rings (SSSR count). The van der Waals surface area contributed by atoms with Gasteiger partial charge in [0.25, 0.3) is 5.91 Å². The molecule has 0 unspecified atom stereocenters. The van der Waals surface area contributed by atoms with E-state index in [1.54, 1.807) is 0 Å². The second-order valence-corrected chi connectivity index (χ2v) is 14.6. The standard InChI is InChI=1S/C36H53F2N3O3/c1-3-5-23-17-28(24-9-10-31(37)32(38)19-24)27(22-7-8-22)18-25(23)21-40-14-11-26(12-15-40)41-16-13-34-29(35(41)42)20-30(36(43)44)33(39-34)6-4-2/h9,17,22-23,25-27,30-33,39H,3-8,10-16,18-21H2,1-2H3,(H,43,44)/t23-,25-,27+,30-,31-,32+,33-/m0/s1. The lowest BCUT2D eigenvalue weighted by Gasteiger charge is -2.45. The maximum Gasteiger partial charge on any atom is 0.308 e. The molecule has 44 heavy (non-hydrogen) atoms. The van der Waals surface area contributed by atoms with Gasteiger partial charge in [-0.25, -0.2) is 8.78 Å². The van der Waals surface area contributed by atoms with E-state index in [4.69, 9.17) is 0 Å². The minimum Gasteiger partial charge on any atom is -0.481 e. The number of halogens is 2. The van der Waals surface area contributed by atoms with E-state index in [1.807, 2.05) is 11.0 Å². The van der Waals surface area contributed by atoms with E-state index < -0.39 is 24.2 Å². The Kier molecular flexibility index (Phi) is 9.84. The molecule has 3 aliphatic heterocycles. The number of alkyl halides is 2. The summed E-state index contributed by atoms with van der Waals surface area (Å²) in [5.74, 6) is 0.892. The van der Waals surface area contributed by atoms with Crippen molar-refractivity contribution in [1.29, 1.82) is 0 Å². The van der Waals surface area contributed by atoms with Gasteiger partial charge in [0.2, 0.25) is 0 Å². The summed E-state index contributed by atoms with van der Waals surface area (Å²) in [7, 11) is 0. The molecule has 244 valence electrons. The average Bonchev–Trinajstić information content (AvgIpc) is 3.86. The van der Waals surface area contributed by atoms with Crippen molar-refractivity contribution in [2.45, 2.75) is 122 Å². The van der Waals surface area contributed by atoms with Crippen LogP contribution in [-0.2, 0) is 9.59 Å². The molecular formula is C36H53F2N3O3. The second-order valence-electron chi connectivity index (χ2n) is 14.6. The average molecular weight is 614 g/mol. The molecule has 1 saturated heterocycles. The highest BCUT2D eigenvalue weighted by molar-refractivity contribution is 5.96. The number of allylic oxidation sites excluding steroid dienone is 4. The van der Waals surface area contributed by atoms with Crippen molar-refractivity contribution in [1.82, 2.24) is 15.1 Å². The summed E-state index contributed by atoms with van der Waals surface area (Å²) < 4.78 is 28.4. The summed E-state index contributed by atoms with van der Waals surface area (Å²) in [4.78, 5) is 30.4. The number of hydrogen-bond donors (Lipinski definition) is 2. The van der Waals surface area contributed by atoms with Gasteiger partial charge >= 0.3 is 5.97 Å². The van der Waals surface area contributed by atoms with E-state index in [0.29, 0.717) is 42.2 Å². The van der Waals surface area contributed by atoms with Gasteiger partial charge in [-0.2, -0.15) is 0 Å². The number of piperidine rings is 1. The SMILES string of the molecule is CCC[C@H]1C=C(C2=CC[C@H](F)[C@H](F)C2)[C@@H](C2CC2)C[C@H]1CN1CCC(N2CCC3=C(C[C@H](C(=O)O)[C@H](CCC)N3)C2=O)CC1. The Labute approximate surface area is 262 Å². The Morgan fingerprint density at radius 3 is 2.43 bits per heavy atom. The third-order valence-corrected chi connectivity index (χ3v) is 11.7. The molecule has 0 spiro atoms. The summed E-state index contributed by atoms with van der Waals surface area (Å²) in [6.07, 6.45) is 12.8. The van der Waals surface area contributed by atoms with Gasteiger partial charge in [0.05, 0.1) is 5.92 Å². The number of amides is 1. The lowest BCUT2D eigenvalue weighted by Crippen LogP contribution is -2.54. The predicted octanol–water partition coefficient (Wildman–Crippen LogP) is 6.59. The van der Waals surface area contributed by atoms with Gasteiger partial charge in [-0.3, -0.25) is 9.59 Å². The van der Waals surface area contributed by atoms with E-state index in [9.17, 15) is 23.5 Å². The molecule has 7 atom stereocenters. The number of hydrogen-bond acceptors (Lipinski definition) is 4. The molecule has 0 radical (unpaired) electrons. The van der Waals surface area contributed by atoms with E-state index >= 15 is 0 Å². The van der Waals surface area contributed by atoms with Crippen molar-refractivity contribution >= 4 is 11.9 Å². The van der Waals surface area contributed by atoms with Crippen LogP contribution in [0.2, 0.25) is 0 Å². The first-order valence-electron chi connectivity index (χ1n) is 17.7. The normalized spacial score (nSPS) is 35.6. The highest BCUT2D eigenvalue weighted by atomic mass is 19.2. The fourth-order valence-electron chi connectivity index (χ4n) is 9.11. The number of carboxylic acid groups (broad SMARTS) is 1. The lowest BCUT2D eigenvalue weighted by atomic mass is 9.68. The molecule has 0 aromatic carbocycles. The van der Waals surface area contributed by atoms with Crippen molar-refractivity contribution in [3.63, 3.8) is 0 Å². The number of carbonyl (C=O) groups excluding carboxylic acids is 1. The lowest BCUT2D eigenvalue weighted by molar-refractivity contribution is -0.143. The molecule has 8 heteroatoms. The van der Waals surface area contributed by atoms with Crippen LogP contribution in [0.25, 0.3) is 0 Å². The molecule has 0 aromatic heterocycles. The zero-order valence-electron chi connectivity index (χ0n) is 26.8. The zero-order valence-corrected chi connectivity index (χ0v) is 26.8. The van der Waals surface area contributed by atoms with Crippen LogP contribution in [0.3, 0.4) is 0 Å². The van der Waals surface area contributed by atoms with Gasteiger partial charge in [0.15, 0.2) is 0 Å². The van der Waals surface area contributed by atoms with Crippen molar-refractivity contribution in [2.24, 2.45) is 29.6 Å². The van der Waals surface area contributed by atoms with Crippen LogP contribution in [0.1, 0.15) is 97.3 Å². The number of nitrogens with zero attached hydrogens (tertiary/aromatic N) is 2. The number of aliphatic carboxylic acids is 1. The number of carbonyl (C=O) groups is 2. The molecule has 2 N–H and O–H groups in total. The van der Waals surface area contributed by atoms with Crippen molar-refractivity contribution < 1.29 is 23.5 Å². The first-order valence-corrected chi connectivity index (χ1v) is 17.7. The van der Waals surface area contributed by atoms with Gasteiger partial charge in [0.1, 0.15) is 12.3 Å². The topological polar surface area (TPSA) is 72.9 Å². The molecule has 3 heterocycles. The summed E-state index contributed by atoms with van der Waals surface area (Å²) in [6.45, 7) is 8.04. The first kappa shape index (κ1) is 31.7. The van der Waals surface area contributed by atoms with Gasteiger partial charge in [-0.15, -0.1) is 0 Å². The molecule has 3 aliphatic carbocycles. The van der Waals surface area contributed by atoms with Crippen LogP contribution in [0.15, 0.2) is 34.6 Å². The van der Waals surface area contributed by atoms with Crippen LogP contribution >= 0.6 is 0 Å². The van der Waals surface area contributed by atoms with Crippen molar-refractivity contribution in [2.75, 3.05) is 26.2 Å². The Bertz CT molecular complexity index is 1170. The van der Waals surface area contributed by atoms with Crippen LogP contribution in [0.5, 0.6) is 0 Å². The molecule has 1 saturated carbocycles. The van der Waals surface area contributed by atoms with Crippen LogP contribution in [-0.4, -0.2) is 77.4 Å². The number of rotatable bonds is 10. The quantitative estimate of drug-likeness (QED) is 0.291. The highest BCUT2D eigenvalue weighted by Crippen LogP contribution is 2.51. The molecule has 6 nitrogen and oxygen atoms in total. The molecule has 0 aromatic rings. The van der Waals surface area contributed by atoms with Crippen molar-refractivity contribution in [3.8, 4) is 0 Å². The predicted molar refractivity (Wildman–Crippen MR) is 168 cm³/mol. The number of nitrogens with one attached hydrogen (secondary N) is 1. The Morgan fingerprint density at radius 1 is 1.02 bits per heavy atom.